The minimum Gasteiger partial charge on any atom is -0.489 e. The molecule has 1 fully saturated rings. The molecule has 2 amide bonds. The van der Waals surface area contributed by atoms with E-state index in [1.807, 2.05) is 48.5 Å². The van der Waals surface area contributed by atoms with Crippen molar-refractivity contribution in [1.82, 2.24) is 5.32 Å². The van der Waals surface area contributed by atoms with Gasteiger partial charge in [0.2, 0.25) is 0 Å². The molecule has 0 aliphatic carbocycles. The van der Waals surface area contributed by atoms with E-state index in [1.54, 1.807) is 4.90 Å². The molecule has 5 nitrogen and oxygen atoms in total. The molecule has 1 aliphatic heterocycles. The van der Waals surface area contributed by atoms with E-state index in [0.717, 1.165) is 42.1 Å². The van der Waals surface area contributed by atoms with Gasteiger partial charge in [-0.15, -0.1) is 0 Å². The third kappa shape index (κ3) is 3.63. The molecule has 1 saturated heterocycles. The molecule has 0 unspecified atom stereocenters. The first-order valence-corrected chi connectivity index (χ1v) is 7.83. The third-order valence-electron chi connectivity index (χ3n) is 3.89. The second kappa shape index (κ2) is 7.15. The number of rotatable bonds is 5. The van der Waals surface area contributed by atoms with Crippen LogP contribution in [0.2, 0.25) is 0 Å². The van der Waals surface area contributed by atoms with Gasteiger partial charge in [0.05, 0.1) is 0 Å². The second-order valence-electron chi connectivity index (χ2n) is 5.51. The van der Waals surface area contributed by atoms with E-state index in [0.29, 0.717) is 13.2 Å². The van der Waals surface area contributed by atoms with E-state index in [2.05, 4.69) is 5.32 Å². The number of ether oxygens (including phenoxy) is 1. The molecule has 0 spiro atoms. The summed E-state index contributed by atoms with van der Waals surface area (Å²) in [5, 5.41) is 2.85. The van der Waals surface area contributed by atoms with Crippen molar-refractivity contribution < 1.29 is 9.53 Å². The fourth-order valence-corrected chi connectivity index (χ4v) is 2.65. The zero-order valence-corrected chi connectivity index (χ0v) is 13.0. The summed E-state index contributed by atoms with van der Waals surface area (Å²) in [7, 11) is 0. The Labute approximate surface area is 136 Å². The molecule has 3 rings (SSSR count). The fourth-order valence-electron chi connectivity index (χ4n) is 2.65. The SMILES string of the molecule is NCc1cc(N2CCCNC2=O)ccc1OCc1ccccc1. The highest BCUT2D eigenvalue weighted by molar-refractivity contribution is 5.92. The van der Waals surface area contributed by atoms with Gasteiger partial charge >= 0.3 is 6.03 Å². The lowest BCUT2D eigenvalue weighted by atomic mass is 10.1. The Morgan fingerprint density at radius 1 is 1.17 bits per heavy atom. The first kappa shape index (κ1) is 15.4. The standard InChI is InChI=1S/C18H21N3O2/c19-12-15-11-16(21-10-4-9-20-18(21)22)7-8-17(15)23-13-14-5-2-1-3-6-14/h1-3,5-8,11H,4,9-10,12-13,19H2,(H,20,22). The first-order valence-electron chi connectivity index (χ1n) is 7.83. The molecule has 0 atom stereocenters. The monoisotopic (exact) mass is 311 g/mol. The van der Waals surface area contributed by atoms with Crippen LogP contribution in [0.25, 0.3) is 0 Å². The normalized spacial score (nSPS) is 14.5. The summed E-state index contributed by atoms with van der Waals surface area (Å²) in [6, 6.07) is 15.7. The van der Waals surface area contributed by atoms with Crippen molar-refractivity contribution >= 4 is 11.7 Å². The predicted octanol–water partition coefficient (Wildman–Crippen LogP) is 2.64. The van der Waals surface area contributed by atoms with E-state index in [-0.39, 0.29) is 6.03 Å². The maximum atomic E-state index is 11.9. The van der Waals surface area contributed by atoms with Gasteiger partial charge in [-0.05, 0) is 30.2 Å². The van der Waals surface area contributed by atoms with E-state index in [1.165, 1.54) is 0 Å². The number of amides is 2. The number of anilines is 1. The van der Waals surface area contributed by atoms with Crippen LogP contribution in [0.3, 0.4) is 0 Å². The second-order valence-corrected chi connectivity index (χ2v) is 5.51. The number of hydrogen-bond donors (Lipinski definition) is 2. The van der Waals surface area contributed by atoms with Gasteiger partial charge in [0.1, 0.15) is 12.4 Å². The van der Waals surface area contributed by atoms with Crippen molar-refractivity contribution in [3.63, 3.8) is 0 Å². The minimum absolute atomic E-state index is 0.0582. The van der Waals surface area contributed by atoms with Gasteiger partial charge < -0.3 is 15.8 Å². The Balaban J connectivity index is 1.75. The quantitative estimate of drug-likeness (QED) is 0.892. The van der Waals surface area contributed by atoms with Crippen molar-refractivity contribution in [2.24, 2.45) is 5.73 Å². The molecule has 3 N–H and O–H groups in total. The molecule has 2 aromatic carbocycles. The zero-order chi connectivity index (χ0) is 16.1. The van der Waals surface area contributed by atoms with E-state index in [4.69, 9.17) is 10.5 Å². The third-order valence-corrected chi connectivity index (χ3v) is 3.89. The van der Waals surface area contributed by atoms with Gasteiger partial charge in [-0.25, -0.2) is 4.79 Å². The smallest absolute Gasteiger partial charge is 0.321 e. The molecule has 0 bridgehead atoms. The molecule has 1 aliphatic rings. The lowest BCUT2D eigenvalue weighted by molar-refractivity contribution is 0.243. The Morgan fingerprint density at radius 3 is 2.74 bits per heavy atom. The molecule has 1 heterocycles. The maximum absolute atomic E-state index is 11.9. The lowest BCUT2D eigenvalue weighted by Crippen LogP contribution is -2.46. The molecule has 0 saturated carbocycles. The highest BCUT2D eigenvalue weighted by Crippen LogP contribution is 2.26. The first-order chi connectivity index (χ1) is 11.3. The van der Waals surface area contributed by atoms with Gasteiger partial charge in [-0.3, -0.25) is 4.90 Å². The van der Waals surface area contributed by atoms with Gasteiger partial charge in [0.15, 0.2) is 0 Å². The van der Waals surface area contributed by atoms with E-state index >= 15 is 0 Å². The summed E-state index contributed by atoms with van der Waals surface area (Å²) in [5.74, 6) is 0.762. The van der Waals surface area contributed by atoms with Crippen molar-refractivity contribution in [2.75, 3.05) is 18.0 Å². The number of hydrogen-bond acceptors (Lipinski definition) is 3. The summed E-state index contributed by atoms with van der Waals surface area (Å²) in [5.41, 5.74) is 8.72. The highest BCUT2D eigenvalue weighted by Gasteiger charge is 2.20. The van der Waals surface area contributed by atoms with E-state index < -0.39 is 0 Å². The van der Waals surface area contributed by atoms with Crippen LogP contribution in [-0.4, -0.2) is 19.1 Å². The van der Waals surface area contributed by atoms with Crippen molar-refractivity contribution in [3.05, 3.63) is 59.7 Å². The number of nitrogens with two attached hydrogens (primary N) is 1. The van der Waals surface area contributed by atoms with Gasteiger partial charge in [0, 0.05) is 30.9 Å². The Bertz CT molecular complexity index is 673. The summed E-state index contributed by atoms with van der Waals surface area (Å²) in [6.45, 7) is 2.32. The molecule has 2 aromatic rings. The Kier molecular flexibility index (Phi) is 4.78. The van der Waals surface area contributed by atoms with Gasteiger partial charge in [-0.2, -0.15) is 0 Å². The summed E-state index contributed by atoms with van der Waals surface area (Å²) >= 11 is 0. The van der Waals surface area contributed by atoms with E-state index in [9.17, 15) is 4.79 Å². The Morgan fingerprint density at radius 2 is 2.00 bits per heavy atom. The average Bonchev–Trinajstić information content (AvgIpc) is 2.61. The zero-order valence-electron chi connectivity index (χ0n) is 13.0. The molecule has 0 aromatic heterocycles. The summed E-state index contributed by atoms with van der Waals surface area (Å²) in [4.78, 5) is 13.7. The van der Waals surface area contributed by atoms with Crippen LogP contribution < -0.4 is 20.7 Å². The number of carbonyl (C=O) groups excluding carboxylic acids is 1. The largest absolute Gasteiger partial charge is 0.489 e. The van der Waals surface area contributed by atoms with Crippen LogP contribution in [0.15, 0.2) is 48.5 Å². The number of urea groups is 1. The number of carbonyl (C=O) groups is 1. The maximum Gasteiger partial charge on any atom is 0.321 e. The fraction of sp³-hybridized carbons (Fsp3) is 0.278. The lowest BCUT2D eigenvalue weighted by Gasteiger charge is -2.28. The molecule has 120 valence electrons. The van der Waals surface area contributed by atoms with Crippen LogP contribution in [0.1, 0.15) is 17.5 Å². The van der Waals surface area contributed by atoms with Crippen LogP contribution in [0.4, 0.5) is 10.5 Å². The Hall–Kier alpha value is -2.53. The summed E-state index contributed by atoms with van der Waals surface area (Å²) < 4.78 is 5.88. The van der Waals surface area contributed by atoms with Gasteiger partial charge in [0.25, 0.3) is 0 Å². The van der Waals surface area contributed by atoms with Crippen molar-refractivity contribution in [1.29, 1.82) is 0 Å². The molecule has 5 heteroatoms. The minimum atomic E-state index is -0.0582. The molecular weight excluding hydrogens is 290 g/mol. The molecule has 23 heavy (non-hydrogen) atoms. The predicted molar refractivity (Wildman–Crippen MR) is 90.5 cm³/mol. The average molecular weight is 311 g/mol. The topological polar surface area (TPSA) is 67.6 Å². The van der Waals surface area contributed by atoms with Crippen LogP contribution in [0, 0.1) is 0 Å². The number of nitrogens with one attached hydrogen (secondary N) is 1. The molecular formula is C18H21N3O2. The van der Waals surface area contributed by atoms with Gasteiger partial charge in [-0.1, -0.05) is 30.3 Å². The van der Waals surface area contributed by atoms with Crippen LogP contribution in [-0.2, 0) is 13.2 Å². The highest BCUT2D eigenvalue weighted by atomic mass is 16.5. The van der Waals surface area contributed by atoms with Crippen molar-refractivity contribution in [3.8, 4) is 5.75 Å². The summed E-state index contributed by atoms with van der Waals surface area (Å²) in [6.07, 6.45) is 0.940. The van der Waals surface area contributed by atoms with Crippen LogP contribution >= 0.6 is 0 Å². The van der Waals surface area contributed by atoms with Crippen LogP contribution in [0.5, 0.6) is 5.75 Å². The number of nitrogens with zero attached hydrogens (tertiary/aromatic N) is 1. The number of benzene rings is 2. The van der Waals surface area contributed by atoms with Crippen molar-refractivity contribution in [2.45, 2.75) is 19.6 Å². The molecule has 0 radical (unpaired) electrons.